The molecule has 2 heterocycles. The number of H-pyrrole nitrogens is 1. The van der Waals surface area contributed by atoms with Crippen LogP contribution >= 0.6 is 11.3 Å². The quantitative estimate of drug-likeness (QED) is 0.460. The van der Waals surface area contributed by atoms with Crippen molar-refractivity contribution in [3.63, 3.8) is 0 Å². The number of carbonyl (C=O) groups excluding carboxylic acids is 1. The van der Waals surface area contributed by atoms with Crippen molar-refractivity contribution < 1.29 is 19.0 Å². The van der Waals surface area contributed by atoms with Crippen molar-refractivity contribution in [3.8, 4) is 27.7 Å². The van der Waals surface area contributed by atoms with Crippen LogP contribution in [0.2, 0.25) is 0 Å². The topological polar surface area (TPSA) is 60.6 Å². The van der Waals surface area contributed by atoms with Crippen LogP contribution < -0.4 is 14.2 Å². The molecule has 0 aliphatic heterocycles. The maximum Gasteiger partial charge on any atom is 0.203 e. The number of hydrogen-bond acceptors (Lipinski definition) is 5. The normalized spacial score (nSPS) is 10.8. The van der Waals surface area contributed by atoms with Crippen molar-refractivity contribution >= 4 is 28.0 Å². The predicted molar refractivity (Wildman–Crippen MR) is 111 cm³/mol. The first-order valence-electron chi connectivity index (χ1n) is 8.66. The van der Waals surface area contributed by atoms with Gasteiger partial charge in [0.05, 0.1) is 21.3 Å². The van der Waals surface area contributed by atoms with Crippen LogP contribution in [0.3, 0.4) is 0 Å². The van der Waals surface area contributed by atoms with E-state index in [1.54, 1.807) is 29.7 Å². The Balaban J connectivity index is 1.77. The Hall–Kier alpha value is -3.25. The summed E-state index contributed by atoms with van der Waals surface area (Å²) in [6.07, 6.45) is 1.74. The summed E-state index contributed by atoms with van der Waals surface area (Å²) in [5, 5.41) is 2.92. The third kappa shape index (κ3) is 3.01. The van der Waals surface area contributed by atoms with Crippen LogP contribution in [0.25, 0.3) is 21.3 Å². The average Bonchev–Trinajstić information content (AvgIpc) is 3.41. The molecular formula is C22H19NO4S. The van der Waals surface area contributed by atoms with E-state index in [2.05, 4.69) is 17.1 Å². The van der Waals surface area contributed by atoms with Crippen LogP contribution in [-0.2, 0) is 0 Å². The molecule has 0 atom stereocenters. The van der Waals surface area contributed by atoms with Crippen LogP contribution in [0.15, 0.2) is 54.0 Å². The molecule has 2 aromatic heterocycles. The van der Waals surface area contributed by atoms with Crippen LogP contribution in [0.4, 0.5) is 0 Å². The molecule has 4 rings (SSSR count). The minimum absolute atomic E-state index is 0.116. The van der Waals surface area contributed by atoms with Crippen molar-refractivity contribution in [2.24, 2.45) is 0 Å². The fourth-order valence-corrected chi connectivity index (χ4v) is 4.00. The molecule has 142 valence electrons. The molecule has 1 N–H and O–H groups in total. The molecular weight excluding hydrogens is 374 g/mol. The largest absolute Gasteiger partial charge is 0.493 e. The lowest BCUT2D eigenvalue weighted by Gasteiger charge is -2.13. The van der Waals surface area contributed by atoms with Gasteiger partial charge in [-0.05, 0) is 35.2 Å². The predicted octanol–water partition coefficient (Wildman–Crippen LogP) is 5.15. The van der Waals surface area contributed by atoms with Crippen LogP contribution in [-0.4, -0.2) is 32.1 Å². The second-order valence-electron chi connectivity index (χ2n) is 6.18. The van der Waals surface area contributed by atoms with Gasteiger partial charge in [-0.2, -0.15) is 0 Å². The molecule has 0 saturated carbocycles. The molecule has 0 radical (unpaired) electrons. The standard InChI is InChI=1S/C22H19NO4S/c1-25-18-10-14(11-19(26-2)22(18)27-3)21(24)16-12-23-17-9-13(6-7-15(16)17)20-5-4-8-28-20/h4-12,23H,1-3H3. The third-order valence-corrected chi connectivity index (χ3v) is 5.58. The van der Waals surface area contributed by atoms with Crippen LogP contribution in [0, 0.1) is 0 Å². The van der Waals surface area contributed by atoms with Crippen molar-refractivity contribution in [3.05, 3.63) is 65.2 Å². The summed E-state index contributed by atoms with van der Waals surface area (Å²) in [4.78, 5) is 17.6. The number of thiophene rings is 1. The van der Waals surface area contributed by atoms with Gasteiger partial charge >= 0.3 is 0 Å². The minimum atomic E-state index is -0.116. The second-order valence-corrected chi connectivity index (χ2v) is 7.13. The third-order valence-electron chi connectivity index (χ3n) is 4.66. The van der Waals surface area contributed by atoms with Crippen LogP contribution in [0.1, 0.15) is 15.9 Å². The van der Waals surface area contributed by atoms with E-state index in [1.807, 2.05) is 23.6 Å². The van der Waals surface area contributed by atoms with E-state index in [9.17, 15) is 4.79 Å². The Kier molecular flexibility index (Phi) is 4.79. The molecule has 0 spiro atoms. The number of hydrogen-bond donors (Lipinski definition) is 1. The number of carbonyl (C=O) groups is 1. The van der Waals surface area contributed by atoms with Gasteiger partial charge < -0.3 is 19.2 Å². The molecule has 4 aromatic rings. The maximum absolute atomic E-state index is 13.2. The van der Waals surface area contributed by atoms with Gasteiger partial charge in [-0.3, -0.25) is 4.79 Å². The molecule has 28 heavy (non-hydrogen) atoms. The van der Waals surface area contributed by atoms with Crippen LogP contribution in [0.5, 0.6) is 17.2 Å². The van der Waals surface area contributed by atoms with Gasteiger partial charge in [0.15, 0.2) is 17.3 Å². The zero-order valence-corrected chi connectivity index (χ0v) is 16.6. The first-order valence-corrected chi connectivity index (χ1v) is 9.54. The van der Waals surface area contributed by atoms with Gasteiger partial charge in [-0.1, -0.05) is 18.2 Å². The van der Waals surface area contributed by atoms with Gasteiger partial charge in [0.25, 0.3) is 0 Å². The molecule has 0 unspecified atom stereocenters. The zero-order chi connectivity index (χ0) is 19.7. The molecule has 0 aliphatic carbocycles. The average molecular weight is 393 g/mol. The molecule has 2 aromatic carbocycles. The molecule has 0 fully saturated rings. The van der Waals surface area contributed by atoms with Gasteiger partial charge in [-0.15, -0.1) is 11.3 Å². The Morgan fingerprint density at radius 1 is 0.964 bits per heavy atom. The summed E-state index contributed by atoms with van der Waals surface area (Å²) in [5.41, 5.74) is 3.11. The highest BCUT2D eigenvalue weighted by Gasteiger charge is 2.20. The highest BCUT2D eigenvalue weighted by atomic mass is 32.1. The fraction of sp³-hybridized carbons (Fsp3) is 0.136. The molecule has 0 bridgehead atoms. The summed E-state index contributed by atoms with van der Waals surface area (Å²) in [7, 11) is 4.60. The first-order chi connectivity index (χ1) is 13.7. The summed E-state index contributed by atoms with van der Waals surface area (Å²) in [6.45, 7) is 0. The van der Waals surface area contributed by atoms with Gasteiger partial charge in [0, 0.05) is 33.1 Å². The molecule has 6 heteroatoms. The van der Waals surface area contributed by atoms with E-state index in [1.165, 1.54) is 26.2 Å². The Morgan fingerprint density at radius 2 is 1.71 bits per heavy atom. The maximum atomic E-state index is 13.2. The van der Waals surface area contributed by atoms with Gasteiger partial charge in [-0.25, -0.2) is 0 Å². The number of methoxy groups -OCH3 is 3. The Morgan fingerprint density at radius 3 is 2.32 bits per heavy atom. The number of aromatic nitrogens is 1. The number of fused-ring (bicyclic) bond motifs is 1. The SMILES string of the molecule is COc1cc(C(=O)c2c[nH]c3cc(-c4cccs4)ccc23)cc(OC)c1OC. The summed E-state index contributed by atoms with van der Waals surface area (Å²) < 4.78 is 16.1. The molecule has 5 nitrogen and oxygen atoms in total. The number of rotatable bonds is 6. The molecule has 0 amide bonds. The van der Waals surface area contributed by atoms with E-state index < -0.39 is 0 Å². The smallest absolute Gasteiger partial charge is 0.203 e. The van der Waals surface area contributed by atoms with Gasteiger partial charge in [0.1, 0.15) is 0 Å². The lowest BCUT2D eigenvalue weighted by atomic mass is 10.0. The number of nitrogens with one attached hydrogen (secondary N) is 1. The van der Waals surface area contributed by atoms with E-state index >= 15 is 0 Å². The number of benzene rings is 2. The number of aromatic amines is 1. The number of ketones is 1. The van der Waals surface area contributed by atoms with Crippen molar-refractivity contribution in [1.29, 1.82) is 0 Å². The van der Waals surface area contributed by atoms with E-state index in [0.29, 0.717) is 28.4 Å². The lowest BCUT2D eigenvalue weighted by molar-refractivity contribution is 0.103. The van der Waals surface area contributed by atoms with E-state index in [-0.39, 0.29) is 5.78 Å². The highest BCUT2D eigenvalue weighted by Crippen LogP contribution is 2.39. The fourth-order valence-electron chi connectivity index (χ4n) is 3.28. The monoisotopic (exact) mass is 393 g/mol. The Bertz CT molecular complexity index is 1120. The summed E-state index contributed by atoms with van der Waals surface area (Å²) >= 11 is 1.69. The van der Waals surface area contributed by atoms with E-state index in [0.717, 1.165) is 16.5 Å². The van der Waals surface area contributed by atoms with Crippen molar-refractivity contribution in [2.75, 3.05) is 21.3 Å². The van der Waals surface area contributed by atoms with Gasteiger partial charge in [0.2, 0.25) is 5.75 Å². The number of ether oxygens (including phenoxy) is 3. The minimum Gasteiger partial charge on any atom is -0.493 e. The van der Waals surface area contributed by atoms with Crippen molar-refractivity contribution in [2.45, 2.75) is 0 Å². The first kappa shape index (κ1) is 18.1. The Labute approximate surface area is 166 Å². The zero-order valence-electron chi connectivity index (χ0n) is 15.7. The summed E-state index contributed by atoms with van der Waals surface area (Å²) in [5.74, 6) is 1.24. The van der Waals surface area contributed by atoms with E-state index in [4.69, 9.17) is 14.2 Å². The molecule has 0 saturated heterocycles. The second kappa shape index (κ2) is 7.40. The summed E-state index contributed by atoms with van der Waals surface area (Å²) in [6, 6.07) is 13.5. The van der Waals surface area contributed by atoms with Crippen molar-refractivity contribution in [1.82, 2.24) is 4.98 Å². The highest BCUT2D eigenvalue weighted by molar-refractivity contribution is 7.13. The molecule has 0 aliphatic rings. The lowest BCUT2D eigenvalue weighted by Crippen LogP contribution is -2.03.